The molecule has 1 aliphatic heterocycles. The van der Waals surface area contributed by atoms with Gasteiger partial charge in [-0.1, -0.05) is 6.92 Å². The zero-order valence-corrected chi connectivity index (χ0v) is 11.3. The van der Waals surface area contributed by atoms with Crippen molar-refractivity contribution in [3.63, 3.8) is 0 Å². The fourth-order valence-corrected chi connectivity index (χ4v) is 2.45. The van der Waals surface area contributed by atoms with Gasteiger partial charge in [-0.05, 0) is 38.1 Å². The molecule has 18 heavy (non-hydrogen) atoms. The average molecular weight is 250 g/mol. The van der Waals surface area contributed by atoms with Crippen molar-refractivity contribution in [3.8, 4) is 5.88 Å². The molecule has 0 aliphatic carbocycles. The van der Waals surface area contributed by atoms with Gasteiger partial charge in [0.25, 0.3) is 0 Å². The van der Waals surface area contributed by atoms with E-state index < -0.39 is 0 Å². The minimum absolute atomic E-state index is 0.460. The summed E-state index contributed by atoms with van der Waals surface area (Å²) in [5.41, 5.74) is 6.33. The Morgan fingerprint density at radius 3 is 2.94 bits per heavy atom. The fraction of sp³-hybridized carbons (Fsp3) is 0.615. The number of nitrogens with one attached hydrogen (secondary N) is 1. The standard InChI is InChI=1S/C13H22N4O/c1-9-8-17(2)7-6-11(9)15-12-5-4-10(14)13(16-12)18-3/h4-5,9,11H,6-8,14H2,1-3H3,(H,15,16). The predicted octanol–water partition coefficient (Wildman–Crippen LogP) is 1.42. The second kappa shape index (κ2) is 5.44. The first-order valence-corrected chi connectivity index (χ1v) is 6.35. The summed E-state index contributed by atoms with van der Waals surface area (Å²) in [5.74, 6) is 1.93. The van der Waals surface area contributed by atoms with E-state index in [1.807, 2.05) is 12.1 Å². The number of anilines is 2. The molecule has 2 heterocycles. The number of ether oxygens (including phenoxy) is 1. The molecule has 1 saturated heterocycles. The zero-order valence-electron chi connectivity index (χ0n) is 11.3. The van der Waals surface area contributed by atoms with Crippen LogP contribution in [0.3, 0.4) is 0 Å². The third-order valence-electron chi connectivity index (χ3n) is 3.52. The maximum Gasteiger partial charge on any atom is 0.238 e. The molecule has 1 aliphatic rings. The van der Waals surface area contributed by atoms with Crippen LogP contribution in [-0.4, -0.2) is 43.2 Å². The maximum atomic E-state index is 5.76. The van der Waals surface area contributed by atoms with Gasteiger partial charge in [0, 0.05) is 12.6 Å². The molecule has 100 valence electrons. The highest BCUT2D eigenvalue weighted by Crippen LogP contribution is 2.23. The number of hydrogen-bond donors (Lipinski definition) is 2. The Hall–Kier alpha value is -1.49. The van der Waals surface area contributed by atoms with Gasteiger partial charge >= 0.3 is 0 Å². The van der Waals surface area contributed by atoms with Crippen LogP contribution in [0.15, 0.2) is 12.1 Å². The van der Waals surface area contributed by atoms with Crippen LogP contribution in [0.25, 0.3) is 0 Å². The Labute approximate surface area is 108 Å². The molecular weight excluding hydrogens is 228 g/mol. The van der Waals surface area contributed by atoms with Crippen molar-refractivity contribution in [1.29, 1.82) is 0 Å². The number of piperidine rings is 1. The lowest BCUT2D eigenvalue weighted by Crippen LogP contribution is -2.43. The number of rotatable bonds is 3. The molecule has 0 bridgehead atoms. The Morgan fingerprint density at radius 1 is 1.50 bits per heavy atom. The van der Waals surface area contributed by atoms with E-state index in [0.29, 0.717) is 23.5 Å². The van der Waals surface area contributed by atoms with Crippen LogP contribution < -0.4 is 15.8 Å². The lowest BCUT2D eigenvalue weighted by atomic mass is 9.94. The summed E-state index contributed by atoms with van der Waals surface area (Å²) in [6, 6.07) is 4.19. The van der Waals surface area contributed by atoms with Crippen molar-refractivity contribution in [2.24, 2.45) is 5.92 Å². The molecule has 1 aromatic heterocycles. The molecular formula is C13H22N4O. The van der Waals surface area contributed by atoms with Crippen LogP contribution in [0.4, 0.5) is 11.5 Å². The van der Waals surface area contributed by atoms with E-state index in [0.717, 1.165) is 25.3 Å². The maximum absolute atomic E-state index is 5.76. The van der Waals surface area contributed by atoms with E-state index in [9.17, 15) is 0 Å². The highest BCUT2D eigenvalue weighted by Gasteiger charge is 2.24. The molecule has 5 nitrogen and oxygen atoms in total. The predicted molar refractivity (Wildman–Crippen MR) is 73.9 cm³/mol. The van der Waals surface area contributed by atoms with Crippen LogP contribution in [0, 0.1) is 5.92 Å². The molecule has 0 amide bonds. The molecule has 2 atom stereocenters. The summed E-state index contributed by atoms with van der Waals surface area (Å²) in [4.78, 5) is 6.73. The van der Waals surface area contributed by atoms with Gasteiger partial charge in [0.15, 0.2) is 0 Å². The van der Waals surface area contributed by atoms with E-state index in [4.69, 9.17) is 10.5 Å². The minimum atomic E-state index is 0.460. The number of likely N-dealkylation sites (tertiary alicyclic amines) is 1. The largest absolute Gasteiger partial charge is 0.479 e. The Balaban J connectivity index is 2.05. The second-order valence-corrected chi connectivity index (χ2v) is 5.07. The molecule has 1 fully saturated rings. The van der Waals surface area contributed by atoms with Crippen LogP contribution in [-0.2, 0) is 0 Å². The summed E-state index contributed by atoms with van der Waals surface area (Å²) < 4.78 is 5.13. The van der Waals surface area contributed by atoms with Crippen molar-refractivity contribution in [2.75, 3.05) is 38.3 Å². The van der Waals surface area contributed by atoms with Gasteiger partial charge in [-0.2, -0.15) is 4.98 Å². The molecule has 0 spiro atoms. The highest BCUT2D eigenvalue weighted by atomic mass is 16.5. The quantitative estimate of drug-likeness (QED) is 0.849. The summed E-state index contributed by atoms with van der Waals surface area (Å²) >= 11 is 0. The molecule has 0 saturated carbocycles. The van der Waals surface area contributed by atoms with Crippen LogP contribution in [0.1, 0.15) is 13.3 Å². The van der Waals surface area contributed by atoms with Gasteiger partial charge in [0.05, 0.1) is 12.8 Å². The normalized spacial score (nSPS) is 24.8. The van der Waals surface area contributed by atoms with Gasteiger partial charge in [-0.3, -0.25) is 0 Å². The molecule has 1 aromatic rings. The average Bonchev–Trinajstić information content (AvgIpc) is 2.35. The van der Waals surface area contributed by atoms with Crippen molar-refractivity contribution in [3.05, 3.63) is 12.1 Å². The Bertz CT molecular complexity index is 410. The number of methoxy groups -OCH3 is 1. The number of hydrogen-bond acceptors (Lipinski definition) is 5. The van der Waals surface area contributed by atoms with E-state index in [1.54, 1.807) is 7.11 Å². The number of aromatic nitrogens is 1. The summed E-state index contributed by atoms with van der Waals surface area (Å²) in [6.45, 7) is 4.50. The smallest absolute Gasteiger partial charge is 0.238 e. The van der Waals surface area contributed by atoms with Crippen LogP contribution in [0.2, 0.25) is 0 Å². The molecule has 5 heteroatoms. The van der Waals surface area contributed by atoms with Gasteiger partial charge < -0.3 is 20.7 Å². The first kappa shape index (κ1) is 13.0. The van der Waals surface area contributed by atoms with Gasteiger partial charge in [0.2, 0.25) is 5.88 Å². The second-order valence-electron chi connectivity index (χ2n) is 5.07. The lowest BCUT2D eigenvalue weighted by molar-refractivity contribution is 0.206. The molecule has 0 aromatic carbocycles. The number of pyridine rings is 1. The first-order chi connectivity index (χ1) is 8.60. The van der Waals surface area contributed by atoms with Crippen molar-refractivity contribution < 1.29 is 4.74 Å². The fourth-order valence-electron chi connectivity index (χ4n) is 2.45. The van der Waals surface area contributed by atoms with Crippen molar-refractivity contribution in [1.82, 2.24) is 9.88 Å². The van der Waals surface area contributed by atoms with E-state index in [1.165, 1.54) is 0 Å². The van der Waals surface area contributed by atoms with E-state index in [-0.39, 0.29) is 0 Å². The van der Waals surface area contributed by atoms with Gasteiger partial charge in [0.1, 0.15) is 5.82 Å². The van der Waals surface area contributed by atoms with Crippen LogP contribution in [0.5, 0.6) is 5.88 Å². The SMILES string of the molecule is COc1nc(NC2CCN(C)CC2C)ccc1N. The summed E-state index contributed by atoms with van der Waals surface area (Å²) in [6.07, 6.45) is 1.13. The van der Waals surface area contributed by atoms with Gasteiger partial charge in [-0.25, -0.2) is 0 Å². The third kappa shape index (κ3) is 2.85. The van der Waals surface area contributed by atoms with Crippen molar-refractivity contribution in [2.45, 2.75) is 19.4 Å². The van der Waals surface area contributed by atoms with Crippen molar-refractivity contribution >= 4 is 11.5 Å². The number of nitrogen functional groups attached to an aromatic ring is 1. The first-order valence-electron chi connectivity index (χ1n) is 6.35. The van der Waals surface area contributed by atoms with E-state index in [2.05, 4.69) is 29.2 Å². The Morgan fingerprint density at radius 2 is 2.28 bits per heavy atom. The molecule has 2 rings (SSSR count). The zero-order chi connectivity index (χ0) is 13.1. The third-order valence-corrected chi connectivity index (χ3v) is 3.52. The topological polar surface area (TPSA) is 63.4 Å². The lowest BCUT2D eigenvalue weighted by Gasteiger charge is -2.35. The number of nitrogens with zero attached hydrogens (tertiary/aromatic N) is 2. The highest BCUT2D eigenvalue weighted by molar-refractivity contribution is 5.53. The molecule has 0 radical (unpaired) electrons. The number of nitrogens with two attached hydrogens (primary N) is 1. The van der Waals surface area contributed by atoms with E-state index >= 15 is 0 Å². The summed E-state index contributed by atoms with van der Waals surface area (Å²) in [5, 5.41) is 3.48. The monoisotopic (exact) mass is 250 g/mol. The molecule has 2 unspecified atom stereocenters. The molecule has 3 N–H and O–H groups in total. The minimum Gasteiger partial charge on any atom is -0.479 e. The summed E-state index contributed by atoms with van der Waals surface area (Å²) in [7, 11) is 3.75. The Kier molecular flexibility index (Phi) is 3.91. The van der Waals surface area contributed by atoms with Crippen LogP contribution >= 0.6 is 0 Å². The van der Waals surface area contributed by atoms with Gasteiger partial charge in [-0.15, -0.1) is 0 Å².